The van der Waals surface area contributed by atoms with E-state index in [-0.39, 0.29) is 18.2 Å². The highest BCUT2D eigenvalue weighted by atomic mass is 16.4. The van der Waals surface area contributed by atoms with Crippen LogP contribution in [-0.2, 0) is 11.8 Å². The Morgan fingerprint density at radius 1 is 1.86 bits per heavy atom. The van der Waals surface area contributed by atoms with E-state index in [1.807, 2.05) is 0 Å². The lowest BCUT2D eigenvalue weighted by atomic mass is 10.4. The number of hydrogen-bond donors (Lipinski definition) is 3. The van der Waals surface area contributed by atoms with Crippen LogP contribution >= 0.6 is 0 Å². The van der Waals surface area contributed by atoms with Crippen molar-refractivity contribution in [2.45, 2.75) is 6.42 Å². The van der Waals surface area contributed by atoms with E-state index in [0.717, 1.165) is 0 Å². The summed E-state index contributed by atoms with van der Waals surface area (Å²) in [5.41, 5.74) is 5.15. The first-order chi connectivity index (χ1) is 6.61. The third-order valence-corrected chi connectivity index (χ3v) is 1.45. The van der Waals surface area contributed by atoms with E-state index in [4.69, 9.17) is 10.9 Å². The monoisotopic (exact) mass is 197 g/mol. The standard InChI is InChI=1S/C7H11N5O2/c1-12-3-2-6(10-12)9-7(13)4-5(8)11-14/h2-3,14H,4H2,1H3,(H2,8,11)(H,9,10,13). The van der Waals surface area contributed by atoms with Crippen molar-refractivity contribution < 1.29 is 10.0 Å². The van der Waals surface area contributed by atoms with Gasteiger partial charge in [0.2, 0.25) is 5.91 Å². The molecule has 0 unspecified atom stereocenters. The van der Waals surface area contributed by atoms with Gasteiger partial charge >= 0.3 is 0 Å². The van der Waals surface area contributed by atoms with Crippen LogP contribution in [0.4, 0.5) is 5.82 Å². The number of amidine groups is 1. The van der Waals surface area contributed by atoms with Gasteiger partial charge in [0.25, 0.3) is 0 Å². The number of nitrogens with zero attached hydrogens (tertiary/aromatic N) is 3. The molecule has 0 saturated carbocycles. The Morgan fingerprint density at radius 2 is 2.57 bits per heavy atom. The number of aromatic nitrogens is 2. The number of oxime groups is 1. The number of rotatable bonds is 3. The number of amides is 1. The summed E-state index contributed by atoms with van der Waals surface area (Å²) < 4.78 is 1.55. The molecule has 76 valence electrons. The Bertz CT molecular complexity index is 357. The third kappa shape index (κ3) is 2.77. The van der Waals surface area contributed by atoms with Gasteiger partial charge in [0.15, 0.2) is 5.82 Å². The Balaban J connectivity index is 2.49. The average Bonchev–Trinajstić information content (AvgIpc) is 2.50. The van der Waals surface area contributed by atoms with Crippen LogP contribution in [0.3, 0.4) is 0 Å². The van der Waals surface area contributed by atoms with Gasteiger partial charge in [-0.05, 0) is 0 Å². The second-order valence-corrected chi connectivity index (χ2v) is 2.69. The second kappa shape index (κ2) is 4.26. The first-order valence-corrected chi connectivity index (χ1v) is 3.87. The summed E-state index contributed by atoms with van der Waals surface area (Å²) in [4.78, 5) is 11.2. The first-order valence-electron chi connectivity index (χ1n) is 3.87. The van der Waals surface area contributed by atoms with E-state index in [2.05, 4.69) is 15.6 Å². The molecule has 0 aliphatic heterocycles. The summed E-state index contributed by atoms with van der Waals surface area (Å²) >= 11 is 0. The van der Waals surface area contributed by atoms with Crippen molar-refractivity contribution in [2.24, 2.45) is 17.9 Å². The van der Waals surface area contributed by atoms with E-state index >= 15 is 0 Å². The van der Waals surface area contributed by atoms with Crippen molar-refractivity contribution in [2.75, 3.05) is 5.32 Å². The lowest BCUT2D eigenvalue weighted by molar-refractivity contribution is -0.115. The molecule has 1 rings (SSSR count). The summed E-state index contributed by atoms with van der Waals surface area (Å²) in [6.45, 7) is 0. The highest BCUT2D eigenvalue weighted by Crippen LogP contribution is 2.01. The van der Waals surface area contributed by atoms with Gasteiger partial charge in [-0.1, -0.05) is 5.16 Å². The molecule has 0 radical (unpaired) electrons. The molecule has 0 atom stereocenters. The van der Waals surface area contributed by atoms with Crippen LogP contribution in [0.5, 0.6) is 0 Å². The molecule has 0 spiro atoms. The third-order valence-electron chi connectivity index (χ3n) is 1.45. The van der Waals surface area contributed by atoms with Gasteiger partial charge in [-0.15, -0.1) is 0 Å². The molecule has 7 nitrogen and oxygen atoms in total. The molecule has 1 aromatic heterocycles. The molecule has 1 aromatic rings. The maximum atomic E-state index is 11.2. The fourth-order valence-corrected chi connectivity index (χ4v) is 0.869. The Labute approximate surface area is 80.2 Å². The van der Waals surface area contributed by atoms with Crippen molar-refractivity contribution in [3.05, 3.63) is 12.3 Å². The van der Waals surface area contributed by atoms with Gasteiger partial charge in [-0.2, -0.15) is 5.10 Å². The predicted octanol–water partition coefficient (Wildman–Crippen LogP) is -0.505. The van der Waals surface area contributed by atoms with E-state index in [0.29, 0.717) is 5.82 Å². The summed E-state index contributed by atoms with van der Waals surface area (Å²) in [5, 5.41) is 17.3. The van der Waals surface area contributed by atoms with Gasteiger partial charge < -0.3 is 16.3 Å². The largest absolute Gasteiger partial charge is 0.409 e. The molecule has 1 amide bonds. The van der Waals surface area contributed by atoms with E-state index in [1.165, 1.54) is 0 Å². The fraction of sp³-hybridized carbons (Fsp3) is 0.286. The van der Waals surface area contributed by atoms with Crippen LogP contribution in [0, 0.1) is 0 Å². The van der Waals surface area contributed by atoms with Crippen molar-refractivity contribution in [3.8, 4) is 0 Å². The van der Waals surface area contributed by atoms with Crippen LogP contribution < -0.4 is 11.1 Å². The average molecular weight is 197 g/mol. The molecular weight excluding hydrogens is 186 g/mol. The topological polar surface area (TPSA) is 106 Å². The van der Waals surface area contributed by atoms with Gasteiger partial charge in [0.1, 0.15) is 5.84 Å². The zero-order valence-electron chi connectivity index (χ0n) is 7.64. The Morgan fingerprint density at radius 3 is 3.07 bits per heavy atom. The highest BCUT2D eigenvalue weighted by Gasteiger charge is 2.06. The smallest absolute Gasteiger partial charge is 0.233 e. The minimum absolute atomic E-state index is 0.140. The lowest BCUT2D eigenvalue weighted by Crippen LogP contribution is -2.22. The SMILES string of the molecule is Cn1ccc(NC(=O)C/C(N)=N/O)n1. The Hall–Kier alpha value is -2.05. The summed E-state index contributed by atoms with van der Waals surface area (Å²) in [7, 11) is 1.74. The minimum Gasteiger partial charge on any atom is -0.409 e. The van der Waals surface area contributed by atoms with Crippen LogP contribution in [0.2, 0.25) is 0 Å². The Kier molecular flexibility index (Phi) is 3.05. The van der Waals surface area contributed by atoms with Gasteiger partial charge in [-0.3, -0.25) is 9.48 Å². The van der Waals surface area contributed by atoms with E-state index in [1.54, 1.807) is 24.0 Å². The van der Waals surface area contributed by atoms with Gasteiger partial charge in [0.05, 0.1) is 6.42 Å². The van der Waals surface area contributed by atoms with Gasteiger partial charge in [-0.25, -0.2) is 0 Å². The van der Waals surface area contributed by atoms with Crippen molar-refractivity contribution in [1.82, 2.24) is 9.78 Å². The van der Waals surface area contributed by atoms with Crippen LogP contribution in [0.25, 0.3) is 0 Å². The molecular formula is C7H11N5O2. The number of carbonyl (C=O) groups excluding carboxylic acids is 1. The quantitative estimate of drug-likeness (QED) is 0.263. The molecule has 0 fully saturated rings. The molecule has 0 bridgehead atoms. The zero-order chi connectivity index (χ0) is 10.6. The molecule has 14 heavy (non-hydrogen) atoms. The summed E-state index contributed by atoms with van der Waals surface area (Å²) in [6.07, 6.45) is 1.53. The number of anilines is 1. The lowest BCUT2D eigenvalue weighted by Gasteiger charge is -1.99. The van der Waals surface area contributed by atoms with Crippen LogP contribution in [-0.4, -0.2) is 26.7 Å². The first kappa shape index (κ1) is 10.0. The van der Waals surface area contributed by atoms with Crippen LogP contribution in [0.15, 0.2) is 17.4 Å². The zero-order valence-corrected chi connectivity index (χ0v) is 7.64. The van der Waals surface area contributed by atoms with Gasteiger partial charge in [0, 0.05) is 19.3 Å². The molecule has 0 aliphatic rings. The van der Waals surface area contributed by atoms with Crippen molar-refractivity contribution in [3.63, 3.8) is 0 Å². The molecule has 7 heteroatoms. The minimum atomic E-state index is -0.376. The van der Waals surface area contributed by atoms with Crippen LogP contribution in [0.1, 0.15) is 6.42 Å². The highest BCUT2D eigenvalue weighted by molar-refractivity contribution is 6.04. The summed E-state index contributed by atoms with van der Waals surface area (Å²) in [5.74, 6) is -0.0827. The maximum Gasteiger partial charge on any atom is 0.233 e. The number of nitrogens with one attached hydrogen (secondary N) is 1. The molecule has 1 heterocycles. The van der Waals surface area contributed by atoms with Crippen molar-refractivity contribution in [1.29, 1.82) is 0 Å². The fourth-order valence-electron chi connectivity index (χ4n) is 0.869. The summed E-state index contributed by atoms with van der Waals surface area (Å²) in [6, 6.07) is 1.64. The number of hydrogen-bond acceptors (Lipinski definition) is 4. The number of nitrogens with two attached hydrogens (primary N) is 1. The molecule has 0 aliphatic carbocycles. The number of aryl methyl sites for hydroxylation is 1. The molecule has 0 aromatic carbocycles. The van der Waals surface area contributed by atoms with E-state index in [9.17, 15) is 4.79 Å². The second-order valence-electron chi connectivity index (χ2n) is 2.69. The van der Waals surface area contributed by atoms with E-state index < -0.39 is 0 Å². The molecule has 0 saturated heterocycles. The normalized spacial score (nSPS) is 11.4. The number of carbonyl (C=O) groups is 1. The predicted molar refractivity (Wildman–Crippen MR) is 49.9 cm³/mol. The van der Waals surface area contributed by atoms with Crippen molar-refractivity contribution >= 4 is 17.6 Å². The molecule has 4 N–H and O–H groups in total. The maximum absolute atomic E-state index is 11.2.